The van der Waals surface area contributed by atoms with Gasteiger partial charge in [-0.3, -0.25) is 0 Å². The molecular formula is C28H34FNO2SSi. The SMILES string of the molecule is CC(=Cc1csc(C)n1)[C@H](CC=C(F)CO)O[Si](c1ccccc1)(c1ccccc1)C(C)(C)C. The van der Waals surface area contributed by atoms with Crippen LogP contribution in [0.4, 0.5) is 4.39 Å². The fraction of sp³-hybridized carbons (Fsp3) is 0.321. The van der Waals surface area contributed by atoms with Gasteiger partial charge < -0.3 is 9.53 Å². The molecule has 3 aromatic rings. The number of hydrogen-bond acceptors (Lipinski definition) is 4. The van der Waals surface area contributed by atoms with Gasteiger partial charge in [0, 0.05) is 5.38 Å². The van der Waals surface area contributed by atoms with Gasteiger partial charge in [-0.2, -0.15) is 0 Å². The van der Waals surface area contributed by atoms with Gasteiger partial charge in [0.25, 0.3) is 8.32 Å². The molecule has 0 unspecified atom stereocenters. The summed E-state index contributed by atoms with van der Waals surface area (Å²) in [6.07, 6.45) is 3.40. The summed E-state index contributed by atoms with van der Waals surface area (Å²) in [5, 5.41) is 14.4. The molecule has 0 aliphatic heterocycles. The van der Waals surface area contributed by atoms with Crippen molar-refractivity contribution in [1.29, 1.82) is 0 Å². The van der Waals surface area contributed by atoms with E-state index in [4.69, 9.17) is 4.43 Å². The molecule has 1 aromatic heterocycles. The number of aromatic nitrogens is 1. The quantitative estimate of drug-likeness (QED) is 0.368. The van der Waals surface area contributed by atoms with Crippen molar-refractivity contribution < 1.29 is 13.9 Å². The molecule has 1 N–H and O–H groups in total. The first-order valence-electron chi connectivity index (χ1n) is 11.5. The fourth-order valence-electron chi connectivity index (χ4n) is 4.30. The Bertz CT molecular complexity index is 1080. The zero-order chi connectivity index (χ0) is 24.8. The van der Waals surface area contributed by atoms with Crippen molar-refractivity contribution >= 4 is 36.1 Å². The topological polar surface area (TPSA) is 42.4 Å². The van der Waals surface area contributed by atoms with Crippen LogP contribution in [0, 0.1) is 6.92 Å². The molecule has 1 heterocycles. The third-order valence-electron chi connectivity index (χ3n) is 5.96. The van der Waals surface area contributed by atoms with E-state index in [1.807, 2.05) is 37.4 Å². The number of rotatable bonds is 9. The minimum absolute atomic E-state index is 0.204. The van der Waals surface area contributed by atoms with E-state index in [0.29, 0.717) is 6.42 Å². The van der Waals surface area contributed by atoms with E-state index in [9.17, 15) is 9.50 Å². The van der Waals surface area contributed by atoms with Crippen molar-refractivity contribution in [3.8, 4) is 0 Å². The smallest absolute Gasteiger partial charge is 0.261 e. The molecule has 3 nitrogen and oxygen atoms in total. The van der Waals surface area contributed by atoms with Gasteiger partial charge >= 0.3 is 0 Å². The maximum atomic E-state index is 14.0. The normalized spacial score (nSPS) is 14.3. The molecule has 0 aliphatic carbocycles. The number of benzene rings is 2. The van der Waals surface area contributed by atoms with Gasteiger partial charge in [0.1, 0.15) is 5.83 Å². The number of aryl methyl sites for hydroxylation is 1. The van der Waals surface area contributed by atoms with Crippen LogP contribution >= 0.6 is 11.3 Å². The van der Waals surface area contributed by atoms with Crippen LogP contribution in [-0.4, -0.2) is 31.1 Å². The summed E-state index contributed by atoms with van der Waals surface area (Å²) in [4.78, 5) is 4.57. The molecule has 0 saturated carbocycles. The second-order valence-corrected chi connectivity index (χ2v) is 14.8. The zero-order valence-corrected chi connectivity index (χ0v) is 22.4. The van der Waals surface area contributed by atoms with Crippen molar-refractivity contribution in [2.75, 3.05) is 6.61 Å². The third-order valence-corrected chi connectivity index (χ3v) is 11.8. The summed E-state index contributed by atoms with van der Waals surface area (Å²) >= 11 is 1.60. The molecule has 34 heavy (non-hydrogen) atoms. The lowest BCUT2D eigenvalue weighted by atomic mass is 10.1. The lowest BCUT2D eigenvalue weighted by Gasteiger charge is -2.45. The predicted octanol–water partition coefficient (Wildman–Crippen LogP) is 6.04. The van der Waals surface area contributed by atoms with Crippen LogP contribution in [0.15, 0.2) is 83.5 Å². The van der Waals surface area contributed by atoms with Gasteiger partial charge in [0.05, 0.1) is 23.4 Å². The van der Waals surface area contributed by atoms with Crippen LogP contribution in [0.1, 0.15) is 44.8 Å². The summed E-state index contributed by atoms with van der Waals surface area (Å²) in [5.74, 6) is -0.548. The van der Waals surface area contributed by atoms with Gasteiger partial charge in [0.2, 0.25) is 0 Å². The standard InChI is InChI=1S/C28H34FNO2SSi/c1-21(18-24-20-33-22(2)30-24)27(17-16-23(29)19-31)32-34(28(3,4)5,25-12-8-6-9-13-25)26-14-10-7-11-15-26/h6-16,18,20,27,31H,17,19H2,1-5H3/t27-/m0/s1. The van der Waals surface area contributed by atoms with Crippen molar-refractivity contribution in [3.63, 3.8) is 0 Å². The van der Waals surface area contributed by atoms with Crippen molar-refractivity contribution in [1.82, 2.24) is 4.98 Å². The molecule has 0 aliphatic rings. The van der Waals surface area contributed by atoms with Crippen LogP contribution in [0.3, 0.4) is 0 Å². The van der Waals surface area contributed by atoms with Crippen LogP contribution in [-0.2, 0) is 4.43 Å². The zero-order valence-electron chi connectivity index (χ0n) is 20.6. The fourth-order valence-corrected chi connectivity index (χ4v) is 9.60. The second-order valence-electron chi connectivity index (χ2n) is 9.49. The largest absolute Gasteiger partial charge is 0.400 e. The number of aliphatic hydroxyl groups is 1. The molecule has 2 aromatic carbocycles. The van der Waals surface area contributed by atoms with Crippen LogP contribution < -0.4 is 10.4 Å². The van der Waals surface area contributed by atoms with Gasteiger partial charge in [-0.15, -0.1) is 11.3 Å². The van der Waals surface area contributed by atoms with E-state index in [1.165, 1.54) is 16.4 Å². The van der Waals surface area contributed by atoms with E-state index in [-0.39, 0.29) is 11.1 Å². The molecule has 1 atom stereocenters. The number of aliphatic hydroxyl groups excluding tert-OH is 1. The van der Waals surface area contributed by atoms with E-state index in [1.54, 1.807) is 11.3 Å². The number of thiazole rings is 1. The van der Waals surface area contributed by atoms with Crippen LogP contribution in [0.2, 0.25) is 5.04 Å². The average molecular weight is 496 g/mol. The Labute approximate surface area is 207 Å². The summed E-state index contributed by atoms with van der Waals surface area (Å²) in [6.45, 7) is 10.1. The highest BCUT2D eigenvalue weighted by Gasteiger charge is 2.51. The van der Waals surface area contributed by atoms with Crippen molar-refractivity contribution in [3.05, 3.63) is 94.2 Å². The third kappa shape index (κ3) is 5.99. The van der Waals surface area contributed by atoms with E-state index in [2.05, 4.69) is 74.3 Å². The highest BCUT2D eigenvalue weighted by molar-refractivity contribution is 7.09. The van der Waals surface area contributed by atoms with Gasteiger partial charge in [-0.1, -0.05) is 81.4 Å². The first-order valence-corrected chi connectivity index (χ1v) is 14.3. The number of hydrogen-bond donors (Lipinski definition) is 1. The molecule has 3 rings (SSSR count). The lowest BCUT2D eigenvalue weighted by molar-refractivity contribution is 0.223. The molecular weight excluding hydrogens is 461 g/mol. The molecule has 0 spiro atoms. The second kappa shape index (κ2) is 11.4. The Morgan fingerprint density at radius 1 is 1.09 bits per heavy atom. The number of nitrogens with zero attached hydrogens (tertiary/aromatic N) is 1. The summed E-state index contributed by atoms with van der Waals surface area (Å²) in [6, 6.07) is 20.8. The lowest BCUT2D eigenvalue weighted by Crippen LogP contribution is -2.67. The van der Waals surface area contributed by atoms with Gasteiger partial charge in [-0.25, -0.2) is 9.37 Å². The van der Waals surface area contributed by atoms with E-state index in [0.717, 1.165) is 16.3 Å². The Morgan fingerprint density at radius 2 is 1.65 bits per heavy atom. The Balaban J connectivity index is 2.18. The summed E-state index contributed by atoms with van der Waals surface area (Å²) in [5.41, 5.74) is 1.85. The highest BCUT2D eigenvalue weighted by atomic mass is 32.1. The van der Waals surface area contributed by atoms with E-state index >= 15 is 0 Å². The Morgan fingerprint density at radius 3 is 2.09 bits per heavy atom. The van der Waals surface area contributed by atoms with E-state index < -0.39 is 20.8 Å². The van der Waals surface area contributed by atoms with Crippen LogP contribution in [0.25, 0.3) is 6.08 Å². The maximum absolute atomic E-state index is 14.0. The molecule has 0 amide bonds. The molecule has 0 bridgehead atoms. The average Bonchev–Trinajstić information content (AvgIpc) is 3.23. The Hall–Kier alpha value is -2.38. The molecule has 0 saturated heterocycles. The first kappa shape index (κ1) is 26.2. The minimum atomic E-state index is -2.84. The molecule has 0 fully saturated rings. The molecule has 180 valence electrons. The van der Waals surface area contributed by atoms with Crippen LogP contribution in [0.5, 0.6) is 0 Å². The van der Waals surface area contributed by atoms with Crippen molar-refractivity contribution in [2.45, 2.75) is 52.2 Å². The Kier molecular flexibility index (Phi) is 8.76. The van der Waals surface area contributed by atoms with Crippen molar-refractivity contribution in [2.24, 2.45) is 0 Å². The highest BCUT2D eigenvalue weighted by Crippen LogP contribution is 2.39. The number of halogens is 1. The molecule has 0 radical (unpaired) electrons. The predicted molar refractivity (Wildman–Crippen MR) is 144 cm³/mol. The van der Waals surface area contributed by atoms with Gasteiger partial charge in [-0.05, 0) is 53.4 Å². The molecule has 6 heteroatoms. The maximum Gasteiger partial charge on any atom is 0.261 e. The monoisotopic (exact) mass is 495 g/mol. The first-order chi connectivity index (χ1) is 16.2. The summed E-state index contributed by atoms with van der Waals surface area (Å²) < 4.78 is 21.3. The summed E-state index contributed by atoms with van der Waals surface area (Å²) in [7, 11) is -2.84. The minimum Gasteiger partial charge on any atom is -0.400 e. The van der Waals surface area contributed by atoms with Gasteiger partial charge in [0.15, 0.2) is 0 Å².